The van der Waals surface area contributed by atoms with Crippen LogP contribution >= 0.6 is 0 Å². The zero-order valence-corrected chi connectivity index (χ0v) is 22.1. The summed E-state index contributed by atoms with van der Waals surface area (Å²) < 4.78 is 16.5. The van der Waals surface area contributed by atoms with Crippen LogP contribution in [0, 0.1) is 0 Å². The first-order valence-corrected chi connectivity index (χ1v) is 13.3. The first-order valence-electron chi connectivity index (χ1n) is 13.3. The summed E-state index contributed by atoms with van der Waals surface area (Å²) in [5, 5.41) is 13.1. The molecular weight excluding hydrogens is 488 g/mol. The SMILES string of the molecule is COc1ccc(C(=O)CCCCCC(=O)N[C@@H](Cc2ccc3c(c2)OCCO3)CN2CC[C@@H](O)C2)cc1.O. The molecule has 9 heteroatoms. The van der Waals surface area contributed by atoms with Crippen molar-refractivity contribution in [3.63, 3.8) is 0 Å². The average molecular weight is 529 g/mol. The minimum atomic E-state index is -0.300. The van der Waals surface area contributed by atoms with E-state index in [1.54, 1.807) is 31.4 Å². The molecule has 2 aliphatic heterocycles. The maximum absolute atomic E-state index is 12.8. The van der Waals surface area contributed by atoms with Crippen LogP contribution in [0.1, 0.15) is 54.4 Å². The van der Waals surface area contributed by atoms with Crippen LogP contribution in [0.3, 0.4) is 0 Å². The minimum Gasteiger partial charge on any atom is -0.497 e. The van der Waals surface area contributed by atoms with E-state index in [0.717, 1.165) is 55.0 Å². The summed E-state index contributed by atoms with van der Waals surface area (Å²) in [4.78, 5) is 27.4. The zero-order valence-electron chi connectivity index (χ0n) is 22.1. The highest BCUT2D eigenvalue weighted by Crippen LogP contribution is 2.31. The third-order valence-corrected chi connectivity index (χ3v) is 6.90. The number of fused-ring (bicyclic) bond motifs is 1. The van der Waals surface area contributed by atoms with Crippen LogP contribution < -0.4 is 19.5 Å². The van der Waals surface area contributed by atoms with E-state index in [-0.39, 0.29) is 29.3 Å². The number of nitrogens with one attached hydrogen (secondary N) is 1. The number of β-amino-alcohol motifs (C(OH)–C–C–N with tert-alkyl or cyclic N) is 1. The predicted molar refractivity (Wildman–Crippen MR) is 144 cm³/mol. The number of amides is 1. The van der Waals surface area contributed by atoms with Gasteiger partial charge in [-0.3, -0.25) is 14.5 Å². The van der Waals surface area contributed by atoms with Crippen molar-refractivity contribution in [2.75, 3.05) is 40.0 Å². The number of likely N-dealkylation sites (tertiary alicyclic amines) is 1. The van der Waals surface area contributed by atoms with E-state index >= 15 is 0 Å². The van der Waals surface area contributed by atoms with Gasteiger partial charge in [-0.25, -0.2) is 0 Å². The molecule has 38 heavy (non-hydrogen) atoms. The van der Waals surface area contributed by atoms with Crippen molar-refractivity contribution in [2.24, 2.45) is 0 Å². The molecule has 1 fully saturated rings. The summed E-state index contributed by atoms with van der Waals surface area (Å²) in [5.74, 6) is 2.36. The number of rotatable bonds is 13. The molecule has 208 valence electrons. The smallest absolute Gasteiger partial charge is 0.220 e. The number of carbonyl (C=O) groups excluding carboxylic acids is 2. The van der Waals surface area contributed by atoms with E-state index in [1.165, 1.54) is 0 Å². The molecule has 9 nitrogen and oxygen atoms in total. The Balaban J connectivity index is 0.00000400. The molecule has 1 saturated heterocycles. The monoisotopic (exact) mass is 528 g/mol. The van der Waals surface area contributed by atoms with Gasteiger partial charge in [0.2, 0.25) is 5.91 Å². The zero-order chi connectivity index (χ0) is 26.0. The van der Waals surface area contributed by atoms with Crippen molar-refractivity contribution >= 4 is 11.7 Å². The third-order valence-electron chi connectivity index (χ3n) is 6.90. The lowest BCUT2D eigenvalue weighted by atomic mass is 10.0. The maximum Gasteiger partial charge on any atom is 0.220 e. The molecule has 0 aromatic heterocycles. The van der Waals surface area contributed by atoms with Gasteiger partial charge in [-0.05, 0) is 67.6 Å². The fraction of sp³-hybridized carbons (Fsp3) is 0.517. The molecule has 4 rings (SSSR count). The number of aliphatic hydroxyl groups is 1. The Morgan fingerprint density at radius 2 is 1.79 bits per heavy atom. The number of nitrogens with zero attached hydrogens (tertiary/aromatic N) is 1. The molecule has 1 amide bonds. The highest BCUT2D eigenvalue weighted by Gasteiger charge is 2.24. The summed E-state index contributed by atoms with van der Waals surface area (Å²) in [5.41, 5.74) is 1.76. The van der Waals surface area contributed by atoms with Gasteiger partial charge < -0.3 is 30.1 Å². The van der Waals surface area contributed by atoms with Crippen molar-refractivity contribution in [2.45, 2.75) is 57.1 Å². The number of carbonyl (C=O) groups is 2. The second-order valence-electron chi connectivity index (χ2n) is 9.86. The first-order chi connectivity index (χ1) is 18.0. The van der Waals surface area contributed by atoms with Crippen molar-refractivity contribution < 1.29 is 34.4 Å². The fourth-order valence-electron chi connectivity index (χ4n) is 4.92. The van der Waals surface area contributed by atoms with E-state index in [4.69, 9.17) is 14.2 Å². The number of ether oxygens (including phenoxy) is 3. The number of benzene rings is 2. The van der Waals surface area contributed by atoms with E-state index in [2.05, 4.69) is 10.2 Å². The summed E-state index contributed by atoms with van der Waals surface area (Å²) in [6, 6.07) is 13.0. The quantitative estimate of drug-likeness (QED) is 0.302. The van der Waals surface area contributed by atoms with Gasteiger partial charge in [0.15, 0.2) is 17.3 Å². The van der Waals surface area contributed by atoms with Crippen LogP contribution in [0.2, 0.25) is 0 Å². The second-order valence-corrected chi connectivity index (χ2v) is 9.86. The van der Waals surface area contributed by atoms with Crippen LogP contribution in [-0.2, 0) is 11.2 Å². The number of hydrogen-bond acceptors (Lipinski definition) is 7. The number of Topliss-reactive ketones (excluding diaryl/α,β-unsaturated/α-hetero) is 1. The van der Waals surface area contributed by atoms with Gasteiger partial charge in [-0.15, -0.1) is 0 Å². The first kappa shape index (κ1) is 29.4. The molecule has 0 bridgehead atoms. The fourth-order valence-corrected chi connectivity index (χ4v) is 4.92. The molecule has 0 saturated carbocycles. The number of hydrogen-bond donors (Lipinski definition) is 2. The Bertz CT molecular complexity index is 1040. The Hall–Kier alpha value is -3.14. The Labute approximate surface area is 224 Å². The summed E-state index contributed by atoms with van der Waals surface area (Å²) in [6.07, 6.45) is 4.35. The Morgan fingerprint density at radius 1 is 1.05 bits per heavy atom. The molecular formula is C29H40N2O7. The molecule has 2 aromatic rings. The predicted octanol–water partition coefficient (Wildman–Crippen LogP) is 2.57. The van der Waals surface area contributed by atoms with E-state index in [9.17, 15) is 14.7 Å². The third kappa shape index (κ3) is 8.72. The highest BCUT2D eigenvalue weighted by molar-refractivity contribution is 5.96. The number of ketones is 1. The van der Waals surface area contributed by atoms with Gasteiger partial charge >= 0.3 is 0 Å². The van der Waals surface area contributed by atoms with Gasteiger partial charge in [-0.2, -0.15) is 0 Å². The standard InChI is InChI=1S/C29H38N2O6.H2O/c1-35-25-10-8-22(9-11-25)26(33)5-3-2-4-6-29(34)30-23(19-31-14-13-24(32)20-31)17-21-7-12-27-28(18-21)37-16-15-36-27;/h7-12,18,23-24,32H,2-6,13-17,19-20H2,1H3,(H,30,34);1H2/t23-,24+;/m0./s1. The van der Waals surface area contributed by atoms with Crippen molar-refractivity contribution in [1.82, 2.24) is 10.2 Å². The number of aliphatic hydroxyl groups excluding tert-OH is 1. The molecule has 2 aliphatic rings. The molecule has 2 atom stereocenters. The average Bonchev–Trinajstić information content (AvgIpc) is 3.32. The molecule has 2 aromatic carbocycles. The highest BCUT2D eigenvalue weighted by atomic mass is 16.6. The molecule has 0 spiro atoms. The normalized spacial score (nSPS) is 17.4. The van der Waals surface area contributed by atoms with Gasteiger partial charge in [-0.1, -0.05) is 12.5 Å². The lowest BCUT2D eigenvalue weighted by Crippen LogP contribution is -2.44. The van der Waals surface area contributed by atoms with Gasteiger partial charge in [0.05, 0.1) is 13.2 Å². The Morgan fingerprint density at radius 3 is 2.50 bits per heavy atom. The van der Waals surface area contributed by atoms with E-state index < -0.39 is 0 Å². The lowest BCUT2D eigenvalue weighted by molar-refractivity contribution is -0.122. The van der Waals surface area contributed by atoms with Crippen LogP contribution in [0.4, 0.5) is 0 Å². The summed E-state index contributed by atoms with van der Waals surface area (Å²) in [6.45, 7) is 3.24. The lowest BCUT2D eigenvalue weighted by Gasteiger charge is -2.25. The van der Waals surface area contributed by atoms with Gasteiger partial charge in [0, 0.05) is 44.1 Å². The second kappa shape index (κ2) is 14.7. The number of methoxy groups -OCH3 is 1. The van der Waals surface area contributed by atoms with Crippen molar-refractivity contribution in [3.05, 3.63) is 53.6 Å². The Kier molecular flexibility index (Phi) is 11.4. The molecule has 2 heterocycles. The van der Waals surface area contributed by atoms with Crippen LogP contribution in [0.15, 0.2) is 42.5 Å². The molecule has 0 unspecified atom stereocenters. The minimum absolute atomic E-state index is 0. The van der Waals surface area contributed by atoms with Gasteiger partial charge in [0.1, 0.15) is 19.0 Å². The van der Waals surface area contributed by atoms with Crippen LogP contribution in [0.25, 0.3) is 0 Å². The largest absolute Gasteiger partial charge is 0.497 e. The number of unbranched alkanes of at least 4 members (excludes halogenated alkanes) is 2. The van der Waals surface area contributed by atoms with E-state index in [1.807, 2.05) is 18.2 Å². The van der Waals surface area contributed by atoms with Gasteiger partial charge in [0.25, 0.3) is 0 Å². The topological polar surface area (TPSA) is 129 Å². The van der Waals surface area contributed by atoms with E-state index in [0.29, 0.717) is 51.1 Å². The van der Waals surface area contributed by atoms with Crippen LogP contribution in [-0.4, -0.2) is 79.3 Å². The maximum atomic E-state index is 12.8. The molecule has 0 aliphatic carbocycles. The van der Waals surface area contributed by atoms with Crippen LogP contribution in [0.5, 0.6) is 17.2 Å². The molecule has 4 N–H and O–H groups in total. The summed E-state index contributed by atoms with van der Waals surface area (Å²) in [7, 11) is 1.60. The van der Waals surface area contributed by atoms with Crippen molar-refractivity contribution in [3.8, 4) is 17.2 Å². The van der Waals surface area contributed by atoms with Crippen molar-refractivity contribution in [1.29, 1.82) is 0 Å². The molecule has 0 radical (unpaired) electrons. The summed E-state index contributed by atoms with van der Waals surface area (Å²) >= 11 is 0.